The molecule has 3 rings (SSSR count). The minimum atomic E-state index is -3.58. The number of methoxy groups -OCH3 is 1. The average molecular weight is 376 g/mol. The Hall–Kier alpha value is -1.96. The summed E-state index contributed by atoms with van der Waals surface area (Å²) >= 11 is 0. The summed E-state index contributed by atoms with van der Waals surface area (Å²) in [6.07, 6.45) is 5.20. The topological polar surface area (TPSA) is 68.7 Å². The van der Waals surface area contributed by atoms with E-state index in [2.05, 4.69) is 4.98 Å². The van der Waals surface area contributed by atoms with Gasteiger partial charge in [0.25, 0.3) is 0 Å². The Labute approximate surface area is 154 Å². The number of benzene rings is 1. The van der Waals surface area contributed by atoms with Crippen molar-refractivity contribution in [3.8, 4) is 5.75 Å². The molecule has 1 aliphatic rings. The van der Waals surface area contributed by atoms with Crippen molar-refractivity contribution < 1.29 is 17.9 Å². The fourth-order valence-electron chi connectivity index (χ4n) is 2.76. The standard InChI is InChI=1S/C19H24N2O4S/c1-15-12-18(7-8-19(15)25-11-10-24-2)26(22,23)21(17-5-6-17)14-16-4-3-9-20-13-16/h3-4,7-9,12-13,17H,5-6,10-11,14H2,1-2H3. The number of aryl methyl sites for hydroxylation is 1. The second kappa shape index (κ2) is 8.16. The molecule has 7 heteroatoms. The molecule has 0 amide bonds. The first-order valence-corrected chi connectivity index (χ1v) is 10.1. The zero-order chi connectivity index (χ0) is 18.6. The molecule has 1 aliphatic carbocycles. The van der Waals surface area contributed by atoms with E-state index in [4.69, 9.17) is 9.47 Å². The number of hydrogen-bond acceptors (Lipinski definition) is 5. The van der Waals surface area contributed by atoms with Gasteiger partial charge in [-0.1, -0.05) is 6.07 Å². The van der Waals surface area contributed by atoms with Gasteiger partial charge in [-0.25, -0.2) is 8.42 Å². The molecule has 1 fully saturated rings. The molecular weight excluding hydrogens is 352 g/mol. The number of nitrogens with zero attached hydrogens (tertiary/aromatic N) is 2. The van der Waals surface area contributed by atoms with Crippen LogP contribution in [0.4, 0.5) is 0 Å². The first-order valence-electron chi connectivity index (χ1n) is 8.65. The van der Waals surface area contributed by atoms with Crippen molar-refractivity contribution in [2.45, 2.75) is 37.2 Å². The maximum Gasteiger partial charge on any atom is 0.243 e. The summed E-state index contributed by atoms with van der Waals surface area (Å²) in [6.45, 7) is 3.11. The maximum atomic E-state index is 13.2. The van der Waals surface area contributed by atoms with Crippen molar-refractivity contribution in [2.75, 3.05) is 20.3 Å². The molecule has 0 saturated heterocycles. The van der Waals surface area contributed by atoms with E-state index in [0.29, 0.717) is 30.4 Å². The second-order valence-corrected chi connectivity index (χ2v) is 8.30. The van der Waals surface area contributed by atoms with Gasteiger partial charge >= 0.3 is 0 Å². The molecule has 6 nitrogen and oxygen atoms in total. The van der Waals surface area contributed by atoms with Crippen LogP contribution >= 0.6 is 0 Å². The van der Waals surface area contributed by atoms with Gasteiger partial charge in [0, 0.05) is 32.1 Å². The smallest absolute Gasteiger partial charge is 0.243 e. The molecule has 0 radical (unpaired) electrons. The summed E-state index contributed by atoms with van der Waals surface area (Å²) in [7, 11) is -1.96. The Morgan fingerprint density at radius 1 is 1.23 bits per heavy atom. The Balaban J connectivity index is 1.82. The third-order valence-electron chi connectivity index (χ3n) is 4.31. The van der Waals surface area contributed by atoms with Crippen LogP contribution in [0.25, 0.3) is 0 Å². The molecule has 0 atom stereocenters. The van der Waals surface area contributed by atoms with E-state index in [1.807, 2.05) is 19.1 Å². The van der Waals surface area contributed by atoms with Crippen LogP contribution in [0.2, 0.25) is 0 Å². The second-order valence-electron chi connectivity index (χ2n) is 6.41. The quantitative estimate of drug-likeness (QED) is 0.630. The minimum Gasteiger partial charge on any atom is -0.491 e. The van der Waals surface area contributed by atoms with Gasteiger partial charge in [0.15, 0.2) is 0 Å². The lowest BCUT2D eigenvalue weighted by Crippen LogP contribution is -2.32. The molecule has 1 aromatic heterocycles. The van der Waals surface area contributed by atoms with Gasteiger partial charge in [0.1, 0.15) is 12.4 Å². The number of rotatable bonds is 9. The molecule has 0 N–H and O–H groups in total. The van der Waals surface area contributed by atoms with Gasteiger partial charge in [-0.15, -0.1) is 0 Å². The van der Waals surface area contributed by atoms with E-state index >= 15 is 0 Å². The monoisotopic (exact) mass is 376 g/mol. The molecule has 0 unspecified atom stereocenters. The molecule has 26 heavy (non-hydrogen) atoms. The van der Waals surface area contributed by atoms with Crippen LogP contribution in [-0.2, 0) is 21.3 Å². The molecule has 140 valence electrons. The third kappa shape index (κ3) is 4.41. The number of sulfonamides is 1. The lowest BCUT2D eigenvalue weighted by Gasteiger charge is -2.22. The van der Waals surface area contributed by atoms with Crippen LogP contribution in [0.15, 0.2) is 47.6 Å². The molecule has 1 saturated carbocycles. The lowest BCUT2D eigenvalue weighted by atomic mass is 10.2. The van der Waals surface area contributed by atoms with Crippen LogP contribution in [0.3, 0.4) is 0 Å². The average Bonchev–Trinajstić information content (AvgIpc) is 3.47. The number of ether oxygens (including phenoxy) is 2. The highest BCUT2D eigenvalue weighted by molar-refractivity contribution is 7.89. The zero-order valence-electron chi connectivity index (χ0n) is 15.1. The largest absolute Gasteiger partial charge is 0.491 e. The normalized spacial score (nSPS) is 14.6. The van der Waals surface area contributed by atoms with Crippen molar-refractivity contribution in [3.05, 3.63) is 53.9 Å². The Morgan fingerprint density at radius 2 is 2.04 bits per heavy atom. The van der Waals surface area contributed by atoms with Crippen LogP contribution < -0.4 is 4.74 Å². The highest BCUT2D eigenvalue weighted by Gasteiger charge is 2.38. The fourth-order valence-corrected chi connectivity index (χ4v) is 4.52. The molecule has 0 aliphatic heterocycles. The first-order chi connectivity index (χ1) is 12.5. The van der Waals surface area contributed by atoms with E-state index in [1.54, 1.807) is 42.0 Å². The van der Waals surface area contributed by atoms with Crippen LogP contribution in [0, 0.1) is 6.92 Å². The lowest BCUT2D eigenvalue weighted by molar-refractivity contribution is 0.146. The minimum absolute atomic E-state index is 0.0677. The highest BCUT2D eigenvalue weighted by Crippen LogP contribution is 2.34. The van der Waals surface area contributed by atoms with Gasteiger partial charge in [-0.3, -0.25) is 4.98 Å². The molecular formula is C19H24N2O4S. The predicted molar refractivity (Wildman–Crippen MR) is 98.5 cm³/mol. The van der Waals surface area contributed by atoms with Gasteiger partial charge < -0.3 is 9.47 Å². The summed E-state index contributed by atoms with van der Waals surface area (Å²) < 4.78 is 38.6. The van der Waals surface area contributed by atoms with Crippen molar-refractivity contribution in [2.24, 2.45) is 0 Å². The van der Waals surface area contributed by atoms with Crippen LogP contribution in [0.5, 0.6) is 5.75 Å². The predicted octanol–water partition coefficient (Wildman–Crippen LogP) is 2.77. The first kappa shape index (κ1) is 18.8. The van der Waals surface area contributed by atoms with E-state index in [-0.39, 0.29) is 6.04 Å². The van der Waals surface area contributed by atoms with Crippen molar-refractivity contribution >= 4 is 10.0 Å². The van der Waals surface area contributed by atoms with Crippen molar-refractivity contribution in [1.29, 1.82) is 0 Å². The number of pyridine rings is 1. The van der Waals surface area contributed by atoms with Crippen molar-refractivity contribution in [1.82, 2.24) is 9.29 Å². The number of aromatic nitrogens is 1. The summed E-state index contributed by atoms with van der Waals surface area (Å²) in [5.74, 6) is 0.672. The fraction of sp³-hybridized carbons (Fsp3) is 0.421. The van der Waals surface area contributed by atoms with E-state index in [1.165, 1.54) is 0 Å². The Morgan fingerprint density at radius 3 is 2.65 bits per heavy atom. The maximum absolute atomic E-state index is 13.2. The third-order valence-corrected chi connectivity index (χ3v) is 6.21. The van der Waals surface area contributed by atoms with Crippen LogP contribution in [0.1, 0.15) is 24.0 Å². The van der Waals surface area contributed by atoms with Gasteiger partial charge in [0.05, 0.1) is 11.5 Å². The van der Waals surface area contributed by atoms with Crippen LogP contribution in [-0.4, -0.2) is 44.1 Å². The number of hydrogen-bond donors (Lipinski definition) is 0. The summed E-state index contributed by atoms with van der Waals surface area (Å²) in [5, 5.41) is 0. The molecule has 1 aromatic carbocycles. The summed E-state index contributed by atoms with van der Waals surface area (Å²) in [5.41, 5.74) is 1.68. The summed E-state index contributed by atoms with van der Waals surface area (Å²) in [6, 6.07) is 8.80. The summed E-state index contributed by atoms with van der Waals surface area (Å²) in [4.78, 5) is 4.38. The Bertz CT molecular complexity index is 836. The van der Waals surface area contributed by atoms with Crippen molar-refractivity contribution in [3.63, 3.8) is 0 Å². The van der Waals surface area contributed by atoms with E-state index in [9.17, 15) is 8.42 Å². The molecule has 1 heterocycles. The molecule has 2 aromatic rings. The zero-order valence-corrected chi connectivity index (χ0v) is 15.9. The molecule has 0 bridgehead atoms. The van der Waals surface area contributed by atoms with E-state index < -0.39 is 10.0 Å². The van der Waals surface area contributed by atoms with Gasteiger partial charge in [-0.05, 0) is 55.2 Å². The molecule has 0 spiro atoms. The highest BCUT2D eigenvalue weighted by atomic mass is 32.2. The van der Waals surface area contributed by atoms with E-state index in [0.717, 1.165) is 24.0 Å². The Kier molecular flexibility index (Phi) is 5.90. The van der Waals surface area contributed by atoms with Gasteiger partial charge in [-0.2, -0.15) is 4.31 Å². The SMILES string of the molecule is COCCOc1ccc(S(=O)(=O)N(Cc2cccnc2)C2CC2)cc1C. The van der Waals surface area contributed by atoms with Gasteiger partial charge in [0.2, 0.25) is 10.0 Å².